The van der Waals surface area contributed by atoms with E-state index < -0.39 is 0 Å². The molecule has 0 aromatic heterocycles. The summed E-state index contributed by atoms with van der Waals surface area (Å²) >= 11 is 0. The Bertz CT molecular complexity index is 280. The van der Waals surface area contributed by atoms with Gasteiger partial charge in [0.2, 0.25) is 5.91 Å². The van der Waals surface area contributed by atoms with Crippen molar-refractivity contribution in [3.05, 3.63) is 0 Å². The third-order valence-electron chi connectivity index (χ3n) is 4.69. The SMILES string of the molecule is CC1CCC(CNC(=O)CC2CCCC(N)C2)C1. The molecule has 0 spiro atoms. The van der Waals surface area contributed by atoms with Crippen LogP contribution in [0.15, 0.2) is 0 Å². The maximum atomic E-state index is 11.9. The van der Waals surface area contributed by atoms with Crippen molar-refractivity contribution in [1.29, 1.82) is 0 Å². The first-order valence-electron chi connectivity index (χ1n) is 7.65. The standard InChI is InChI=1S/C15H28N2O/c1-11-5-6-13(7-11)10-17-15(18)9-12-3-2-4-14(16)8-12/h11-14H,2-10,16H2,1H3,(H,17,18). The van der Waals surface area contributed by atoms with Crippen LogP contribution >= 0.6 is 0 Å². The zero-order chi connectivity index (χ0) is 13.0. The molecule has 1 amide bonds. The van der Waals surface area contributed by atoms with Crippen molar-refractivity contribution >= 4 is 5.91 Å². The van der Waals surface area contributed by atoms with Crippen LogP contribution in [0.1, 0.15) is 58.3 Å². The highest BCUT2D eigenvalue weighted by atomic mass is 16.1. The molecule has 0 aliphatic heterocycles. The summed E-state index contributed by atoms with van der Waals surface area (Å²) in [7, 11) is 0. The van der Waals surface area contributed by atoms with Crippen LogP contribution in [-0.4, -0.2) is 18.5 Å². The Balaban J connectivity index is 1.62. The normalized spacial score (nSPS) is 36.6. The van der Waals surface area contributed by atoms with Crippen molar-refractivity contribution in [2.45, 2.75) is 64.3 Å². The second-order valence-electron chi connectivity index (χ2n) is 6.59. The molecule has 2 saturated carbocycles. The van der Waals surface area contributed by atoms with Gasteiger partial charge in [-0.3, -0.25) is 4.79 Å². The molecule has 2 fully saturated rings. The lowest BCUT2D eigenvalue weighted by atomic mass is 9.84. The van der Waals surface area contributed by atoms with E-state index in [0.717, 1.165) is 31.2 Å². The van der Waals surface area contributed by atoms with Crippen molar-refractivity contribution < 1.29 is 4.79 Å². The summed E-state index contributed by atoms with van der Waals surface area (Å²) in [6, 6.07) is 0.326. The Morgan fingerprint density at radius 1 is 1.17 bits per heavy atom. The number of nitrogens with two attached hydrogens (primary N) is 1. The van der Waals surface area contributed by atoms with Gasteiger partial charge in [-0.15, -0.1) is 0 Å². The van der Waals surface area contributed by atoms with Gasteiger partial charge in [0.1, 0.15) is 0 Å². The van der Waals surface area contributed by atoms with Crippen molar-refractivity contribution in [2.24, 2.45) is 23.5 Å². The lowest BCUT2D eigenvalue weighted by molar-refractivity contribution is -0.122. The molecule has 0 radical (unpaired) electrons. The Labute approximate surface area is 111 Å². The molecule has 0 saturated heterocycles. The summed E-state index contributed by atoms with van der Waals surface area (Å²) < 4.78 is 0. The lowest BCUT2D eigenvalue weighted by Gasteiger charge is -2.26. The van der Waals surface area contributed by atoms with Gasteiger partial charge in [-0.25, -0.2) is 0 Å². The third-order valence-corrected chi connectivity index (χ3v) is 4.69. The number of nitrogens with one attached hydrogen (secondary N) is 1. The average Bonchev–Trinajstić information content (AvgIpc) is 2.73. The molecule has 18 heavy (non-hydrogen) atoms. The average molecular weight is 252 g/mol. The summed E-state index contributed by atoms with van der Waals surface area (Å²) in [4.78, 5) is 11.9. The predicted molar refractivity (Wildman–Crippen MR) is 74.1 cm³/mol. The summed E-state index contributed by atoms with van der Waals surface area (Å²) in [5.74, 6) is 2.34. The highest BCUT2D eigenvalue weighted by molar-refractivity contribution is 5.76. The summed E-state index contributed by atoms with van der Waals surface area (Å²) in [6.07, 6.45) is 9.14. The van der Waals surface area contributed by atoms with E-state index in [9.17, 15) is 4.79 Å². The van der Waals surface area contributed by atoms with Gasteiger partial charge in [0.05, 0.1) is 0 Å². The van der Waals surface area contributed by atoms with Crippen LogP contribution in [0.5, 0.6) is 0 Å². The maximum absolute atomic E-state index is 11.9. The Morgan fingerprint density at radius 2 is 2.00 bits per heavy atom. The minimum atomic E-state index is 0.244. The molecule has 3 heteroatoms. The number of carbonyl (C=O) groups excluding carboxylic acids is 1. The molecule has 2 rings (SSSR count). The molecule has 3 nitrogen and oxygen atoms in total. The fourth-order valence-electron chi connectivity index (χ4n) is 3.62. The van der Waals surface area contributed by atoms with E-state index in [4.69, 9.17) is 5.73 Å². The second kappa shape index (κ2) is 6.55. The number of rotatable bonds is 4. The highest BCUT2D eigenvalue weighted by Crippen LogP contribution is 2.30. The van der Waals surface area contributed by atoms with Gasteiger partial charge in [-0.05, 0) is 49.9 Å². The number of amides is 1. The molecule has 0 bridgehead atoms. The van der Waals surface area contributed by atoms with Gasteiger partial charge >= 0.3 is 0 Å². The van der Waals surface area contributed by atoms with E-state index in [1.54, 1.807) is 0 Å². The van der Waals surface area contributed by atoms with Gasteiger partial charge in [-0.1, -0.05) is 19.8 Å². The molecule has 4 atom stereocenters. The second-order valence-corrected chi connectivity index (χ2v) is 6.59. The molecule has 2 aliphatic rings. The van der Waals surface area contributed by atoms with E-state index >= 15 is 0 Å². The van der Waals surface area contributed by atoms with Crippen LogP contribution in [0.3, 0.4) is 0 Å². The maximum Gasteiger partial charge on any atom is 0.220 e. The Morgan fingerprint density at radius 3 is 2.67 bits per heavy atom. The topological polar surface area (TPSA) is 55.1 Å². The molecule has 0 aromatic carbocycles. The van der Waals surface area contributed by atoms with Crippen molar-refractivity contribution in [1.82, 2.24) is 5.32 Å². The quantitative estimate of drug-likeness (QED) is 0.807. The zero-order valence-electron chi connectivity index (χ0n) is 11.7. The van der Waals surface area contributed by atoms with Gasteiger partial charge < -0.3 is 11.1 Å². The van der Waals surface area contributed by atoms with Crippen LogP contribution in [0, 0.1) is 17.8 Å². The van der Waals surface area contributed by atoms with Crippen molar-refractivity contribution in [2.75, 3.05) is 6.54 Å². The summed E-state index contributed by atoms with van der Waals surface area (Å²) in [6.45, 7) is 3.20. The van der Waals surface area contributed by atoms with Crippen LogP contribution in [0.25, 0.3) is 0 Å². The first kappa shape index (κ1) is 13.9. The van der Waals surface area contributed by atoms with E-state index in [0.29, 0.717) is 18.4 Å². The molecule has 0 aromatic rings. The van der Waals surface area contributed by atoms with Crippen LogP contribution in [0.4, 0.5) is 0 Å². The highest BCUT2D eigenvalue weighted by Gasteiger charge is 2.24. The number of hydrogen-bond acceptors (Lipinski definition) is 2. The largest absolute Gasteiger partial charge is 0.356 e. The van der Waals surface area contributed by atoms with Gasteiger partial charge in [0, 0.05) is 19.0 Å². The minimum absolute atomic E-state index is 0.244. The molecular weight excluding hydrogens is 224 g/mol. The van der Waals surface area contributed by atoms with Crippen LogP contribution < -0.4 is 11.1 Å². The van der Waals surface area contributed by atoms with E-state index in [1.165, 1.54) is 32.1 Å². The molecular formula is C15H28N2O. The lowest BCUT2D eigenvalue weighted by Crippen LogP contribution is -2.33. The van der Waals surface area contributed by atoms with E-state index in [2.05, 4.69) is 12.2 Å². The molecule has 2 aliphatic carbocycles. The zero-order valence-corrected chi connectivity index (χ0v) is 11.7. The fraction of sp³-hybridized carbons (Fsp3) is 0.933. The number of hydrogen-bond donors (Lipinski definition) is 2. The molecule has 3 N–H and O–H groups in total. The van der Waals surface area contributed by atoms with Crippen molar-refractivity contribution in [3.63, 3.8) is 0 Å². The minimum Gasteiger partial charge on any atom is -0.356 e. The van der Waals surface area contributed by atoms with E-state index in [-0.39, 0.29) is 5.91 Å². The Hall–Kier alpha value is -0.570. The van der Waals surface area contributed by atoms with Crippen LogP contribution in [-0.2, 0) is 4.79 Å². The first-order valence-corrected chi connectivity index (χ1v) is 7.65. The molecule has 0 heterocycles. The smallest absolute Gasteiger partial charge is 0.220 e. The van der Waals surface area contributed by atoms with Crippen LogP contribution in [0.2, 0.25) is 0 Å². The van der Waals surface area contributed by atoms with E-state index in [1.807, 2.05) is 0 Å². The third kappa shape index (κ3) is 4.27. The summed E-state index contributed by atoms with van der Waals surface area (Å²) in [5.41, 5.74) is 5.96. The van der Waals surface area contributed by atoms with Gasteiger partial charge in [0.15, 0.2) is 0 Å². The predicted octanol–water partition coefficient (Wildman–Crippen LogP) is 2.45. The fourth-order valence-corrected chi connectivity index (χ4v) is 3.62. The number of carbonyl (C=O) groups is 1. The monoisotopic (exact) mass is 252 g/mol. The Kier molecular flexibility index (Phi) is 5.04. The van der Waals surface area contributed by atoms with Gasteiger partial charge in [0.25, 0.3) is 0 Å². The molecule has 104 valence electrons. The van der Waals surface area contributed by atoms with Crippen molar-refractivity contribution in [3.8, 4) is 0 Å². The summed E-state index contributed by atoms with van der Waals surface area (Å²) in [5, 5.41) is 3.13. The van der Waals surface area contributed by atoms with Gasteiger partial charge in [-0.2, -0.15) is 0 Å². The first-order chi connectivity index (χ1) is 8.63. The molecule has 4 unspecified atom stereocenters.